The second-order valence-corrected chi connectivity index (χ2v) is 7.21. The molecule has 0 aliphatic rings. The zero-order valence-electron chi connectivity index (χ0n) is 17.4. The number of fused-ring (bicyclic) bond motifs is 1. The largest absolute Gasteiger partial charge is 0.389 e. The van der Waals surface area contributed by atoms with Crippen LogP contribution in [-0.2, 0) is 18.2 Å². The van der Waals surface area contributed by atoms with Gasteiger partial charge in [0, 0.05) is 51.0 Å². The fourth-order valence-electron chi connectivity index (χ4n) is 3.26. The van der Waals surface area contributed by atoms with Crippen molar-refractivity contribution in [1.82, 2.24) is 34.3 Å². The molecule has 4 aromatic rings. The van der Waals surface area contributed by atoms with Crippen LogP contribution in [0, 0.1) is 0 Å². The number of hydrogen-bond donors (Lipinski definition) is 1. The SMILES string of the molecule is CO[C@@H](CCC(F)(F)F)Cc1nnc2cc(-c3ccnc(Nc4ccnn4C)n3)ccn12. The van der Waals surface area contributed by atoms with Gasteiger partial charge in [0.05, 0.1) is 18.0 Å². The van der Waals surface area contributed by atoms with Gasteiger partial charge in [0.25, 0.3) is 0 Å². The van der Waals surface area contributed by atoms with E-state index >= 15 is 0 Å². The van der Waals surface area contributed by atoms with E-state index in [1.165, 1.54) is 7.11 Å². The zero-order valence-corrected chi connectivity index (χ0v) is 17.4. The van der Waals surface area contributed by atoms with Gasteiger partial charge >= 0.3 is 6.18 Å². The number of ether oxygens (including phenoxy) is 1. The van der Waals surface area contributed by atoms with Crippen LogP contribution in [0.3, 0.4) is 0 Å². The molecule has 0 radical (unpaired) electrons. The van der Waals surface area contributed by atoms with E-state index in [1.54, 1.807) is 40.8 Å². The number of pyridine rings is 1. The molecule has 0 spiro atoms. The number of rotatable bonds is 8. The van der Waals surface area contributed by atoms with Crippen molar-refractivity contribution in [3.05, 3.63) is 48.7 Å². The van der Waals surface area contributed by atoms with Crippen molar-refractivity contribution in [2.24, 2.45) is 7.05 Å². The maximum Gasteiger partial charge on any atom is 0.389 e. The molecule has 0 aromatic carbocycles. The molecule has 0 saturated heterocycles. The van der Waals surface area contributed by atoms with E-state index in [2.05, 4.69) is 30.6 Å². The lowest BCUT2D eigenvalue weighted by molar-refractivity contribution is -0.140. The molecule has 0 saturated carbocycles. The Labute approximate surface area is 181 Å². The number of nitrogens with zero attached hydrogens (tertiary/aromatic N) is 7. The van der Waals surface area contributed by atoms with Gasteiger partial charge < -0.3 is 10.1 Å². The highest BCUT2D eigenvalue weighted by Gasteiger charge is 2.29. The molecule has 0 unspecified atom stereocenters. The predicted octanol–water partition coefficient (Wildman–Crippen LogP) is 3.56. The zero-order chi connectivity index (χ0) is 22.7. The minimum absolute atomic E-state index is 0.139. The summed E-state index contributed by atoms with van der Waals surface area (Å²) in [4.78, 5) is 8.77. The molecule has 0 aliphatic carbocycles. The van der Waals surface area contributed by atoms with Crippen molar-refractivity contribution < 1.29 is 17.9 Å². The molecule has 32 heavy (non-hydrogen) atoms. The topological polar surface area (TPSA) is 95.0 Å². The lowest BCUT2D eigenvalue weighted by Gasteiger charge is -2.15. The van der Waals surface area contributed by atoms with Crippen LogP contribution in [0.4, 0.5) is 24.9 Å². The molecule has 12 heteroatoms. The van der Waals surface area contributed by atoms with E-state index in [9.17, 15) is 13.2 Å². The van der Waals surface area contributed by atoms with E-state index < -0.39 is 18.7 Å². The second-order valence-electron chi connectivity index (χ2n) is 7.21. The van der Waals surface area contributed by atoms with Gasteiger partial charge in [0.1, 0.15) is 11.6 Å². The summed E-state index contributed by atoms with van der Waals surface area (Å²) >= 11 is 0. The summed E-state index contributed by atoms with van der Waals surface area (Å²) in [5.74, 6) is 1.69. The maximum atomic E-state index is 12.5. The molecule has 1 atom stereocenters. The van der Waals surface area contributed by atoms with Gasteiger partial charge in [-0.3, -0.25) is 9.08 Å². The summed E-state index contributed by atoms with van der Waals surface area (Å²) in [5, 5.41) is 15.5. The van der Waals surface area contributed by atoms with E-state index in [1.807, 2.05) is 18.2 Å². The summed E-state index contributed by atoms with van der Waals surface area (Å²) in [6.07, 6.45) is -0.571. The first-order valence-electron chi connectivity index (χ1n) is 9.84. The van der Waals surface area contributed by atoms with Gasteiger partial charge in [0.2, 0.25) is 5.95 Å². The number of nitrogens with one attached hydrogen (secondary N) is 1. The first-order chi connectivity index (χ1) is 15.3. The molecular weight excluding hydrogens is 425 g/mol. The van der Waals surface area contributed by atoms with E-state index in [0.717, 1.165) is 11.4 Å². The number of aryl methyl sites for hydroxylation is 1. The number of methoxy groups -OCH3 is 1. The van der Waals surface area contributed by atoms with Crippen molar-refractivity contribution in [2.45, 2.75) is 31.5 Å². The first-order valence-corrected chi connectivity index (χ1v) is 9.84. The number of alkyl halides is 3. The molecule has 9 nitrogen and oxygen atoms in total. The highest BCUT2D eigenvalue weighted by atomic mass is 19.4. The Morgan fingerprint density at radius 3 is 2.72 bits per heavy atom. The van der Waals surface area contributed by atoms with E-state index in [-0.39, 0.29) is 12.8 Å². The monoisotopic (exact) mass is 446 g/mol. The molecule has 168 valence electrons. The summed E-state index contributed by atoms with van der Waals surface area (Å²) < 4.78 is 46.2. The van der Waals surface area contributed by atoms with Crippen LogP contribution in [-0.4, -0.2) is 53.7 Å². The lowest BCUT2D eigenvalue weighted by Crippen LogP contribution is -2.19. The van der Waals surface area contributed by atoms with Crippen LogP contribution in [0.15, 0.2) is 42.9 Å². The Hall–Kier alpha value is -3.54. The third kappa shape index (κ3) is 5.02. The first kappa shape index (κ1) is 21.7. The molecule has 4 aromatic heterocycles. The predicted molar refractivity (Wildman–Crippen MR) is 110 cm³/mol. The Morgan fingerprint density at radius 2 is 2.00 bits per heavy atom. The highest BCUT2D eigenvalue weighted by molar-refractivity contribution is 5.65. The van der Waals surface area contributed by atoms with Gasteiger partial charge in [-0.05, 0) is 24.6 Å². The molecule has 0 fully saturated rings. The van der Waals surface area contributed by atoms with Crippen molar-refractivity contribution in [3.8, 4) is 11.3 Å². The average Bonchev–Trinajstić information content (AvgIpc) is 3.36. The van der Waals surface area contributed by atoms with E-state index in [4.69, 9.17) is 4.74 Å². The normalized spacial score (nSPS) is 12.9. The fraction of sp³-hybridized carbons (Fsp3) is 0.350. The molecule has 0 bridgehead atoms. The minimum Gasteiger partial charge on any atom is -0.381 e. The molecule has 1 N–H and O–H groups in total. The number of anilines is 2. The minimum atomic E-state index is -4.22. The smallest absolute Gasteiger partial charge is 0.381 e. The third-order valence-corrected chi connectivity index (χ3v) is 4.99. The third-order valence-electron chi connectivity index (χ3n) is 4.99. The van der Waals surface area contributed by atoms with Crippen LogP contribution < -0.4 is 5.32 Å². The summed E-state index contributed by atoms with van der Waals surface area (Å²) in [6.45, 7) is 0. The lowest BCUT2D eigenvalue weighted by atomic mass is 10.1. The van der Waals surface area contributed by atoms with Gasteiger partial charge in [0.15, 0.2) is 5.65 Å². The Balaban J connectivity index is 1.53. The van der Waals surface area contributed by atoms with Crippen LogP contribution in [0.1, 0.15) is 18.7 Å². The second kappa shape index (κ2) is 8.91. The van der Waals surface area contributed by atoms with Crippen molar-refractivity contribution in [2.75, 3.05) is 12.4 Å². The molecule has 0 aliphatic heterocycles. The van der Waals surface area contributed by atoms with Gasteiger partial charge in [-0.1, -0.05) is 0 Å². The van der Waals surface area contributed by atoms with E-state index in [0.29, 0.717) is 23.1 Å². The highest BCUT2D eigenvalue weighted by Crippen LogP contribution is 2.25. The standard InChI is InChI=1S/C20H21F3N8O/c1-30-16(5-9-25-30)27-19-24-8-4-15(26-19)13-6-10-31-17(11-13)28-29-18(31)12-14(32-2)3-7-20(21,22)23/h4-6,8-11,14H,3,7,12H2,1-2H3,(H,24,26,27)/t14-/m0/s1. The van der Waals surface area contributed by atoms with Crippen LogP contribution in [0.5, 0.6) is 0 Å². The Morgan fingerprint density at radius 1 is 1.16 bits per heavy atom. The molecular formula is C20H21F3N8O. The number of hydrogen-bond acceptors (Lipinski definition) is 7. The maximum absolute atomic E-state index is 12.5. The number of halogens is 3. The van der Waals surface area contributed by atoms with Crippen molar-refractivity contribution in [3.63, 3.8) is 0 Å². The Kier molecular flexibility index (Phi) is 6.04. The average molecular weight is 446 g/mol. The Bertz CT molecular complexity index is 1200. The fourth-order valence-corrected chi connectivity index (χ4v) is 3.26. The summed E-state index contributed by atoms with van der Waals surface area (Å²) in [7, 11) is 3.20. The van der Waals surface area contributed by atoms with Crippen molar-refractivity contribution >= 4 is 17.4 Å². The number of aromatic nitrogens is 7. The molecule has 0 amide bonds. The van der Waals surface area contributed by atoms with Gasteiger partial charge in [-0.25, -0.2) is 9.97 Å². The van der Waals surface area contributed by atoms with Gasteiger partial charge in [-0.15, -0.1) is 10.2 Å². The molecule has 4 heterocycles. The quantitative estimate of drug-likeness (QED) is 0.442. The van der Waals surface area contributed by atoms with Crippen LogP contribution in [0.25, 0.3) is 16.9 Å². The summed E-state index contributed by atoms with van der Waals surface area (Å²) in [6, 6.07) is 7.23. The van der Waals surface area contributed by atoms with Gasteiger partial charge in [-0.2, -0.15) is 18.3 Å². The van der Waals surface area contributed by atoms with Crippen molar-refractivity contribution in [1.29, 1.82) is 0 Å². The molecule has 4 rings (SSSR count). The summed E-state index contributed by atoms with van der Waals surface area (Å²) in [5.41, 5.74) is 2.03. The van der Waals surface area contributed by atoms with Crippen LogP contribution >= 0.6 is 0 Å². The van der Waals surface area contributed by atoms with Crippen LogP contribution in [0.2, 0.25) is 0 Å².